The molecule has 3 N–H and O–H groups in total. The second-order valence-electron chi connectivity index (χ2n) is 9.53. The van der Waals surface area contributed by atoms with E-state index in [1.165, 1.54) is 17.8 Å². The van der Waals surface area contributed by atoms with E-state index in [1.54, 1.807) is 19.2 Å². The van der Waals surface area contributed by atoms with Gasteiger partial charge in [0.2, 0.25) is 0 Å². The summed E-state index contributed by atoms with van der Waals surface area (Å²) in [7, 11) is 1.39. The van der Waals surface area contributed by atoms with Gasteiger partial charge in [-0.1, -0.05) is 0 Å². The summed E-state index contributed by atoms with van der Waals surface area (Å²) < 4.78 is 74.4. The van der Waals surface area contributed by atoms with Gasteiger partial charge in [-0.25, -0.2) is 23.1 Å². The quantitative estimate of drug-likeness (QED) is 0.553. The van der Waals surface area contributed by atoms with Crippen LogP contribution in [-0.4, -0.2) is 64.4 Å². The number of carbonyl (C=O) groups is 1. The van der Waals surface area contributed by atoms with Crippen molar-refractivity contribution >= 4 is 11.7 Å². The molecule has 0 bridgehead atoms. The monoisotopic (exact) mass is 490 g/mol. The Kier molecular flexibility index (Phi) is 6.00. The summed E-state index contributed by atoms with van der Waals surface area (Å²) in [6.07, 6.45) is -1.10. The number of nitrogens with one attached hydrogen (secondary N) is 1. The first-order valence-electron chi connectivity index (χ1n) is 10.9. The summed E-state index contributed by atoms with van der Waals surface area (Å²) in [5.74, 6) is -3.10. The predicted molar refractivity (Wildman–Crippen MR) is 111 cm³/mol. The molecule has 1 saturated heterocycles. The van der Waals surface area contributed by atoms with Gasteiger partial charge in [-0.05, 0) is 38.7 Å². The lowest BCUT2D eigenvalue weighted by atomic mass is 9.87. The van der Waals surface area contributed by atoms with Gasteiger partial charge in [-0.3, -0.25) is 0 Å². The van der Waals surface area contributed by atoms with E-state index in [0.29, 0.717) is 16.9 Å². The van der Waals surface area contributed by atoms with Gasteiger partial charge in [-0.15, -0.1) is 0 Å². The van der Waals surface area contributed by atoms with Gasteiger partial charge in [0.25, 0.3) is 5.92 Å². The van der Waals surface area contributed by atoms with E-state index in [-0.39, 0.29) is 32.3 Å². The average Bonchev–Trinajstić information content (AvgIpc) is 3.44. The number of nitrogens with zero attached hydrogens (tertiary/aromatic N) is 4. The van der Waals surface area contributed by atoms with Crippen LogP contribution in [0.5, 0.6) is 0 Å². The molecule has 4 rings (SSSR count). The van der Waals surface area contributed by atoms with Crippen LogP contribution in [0.2, 0.25) is 0 Å². The lowest BCUT2D eigenvalue weighted by molar-refractivity contribution is -0.189. The molecule has 188 valence electrons. The Balaban J connectivity index is 1.57. The summed E-state index contributed by atoms with van der Waals surface area (Å²) in [5, 5.41) is 6.43. The lowest BCUT2D eigenvalue weighted by Gasteiger charge is -2.38. The standard InChI is InChI=1S/C21H27F5N6O2/c1-18(27,3-4-19(5-6-19)21(24,25)26)15-9-32-16(30-15)7-13(8-29-32)14(10-34-2)31-12-20(22,23)11-28-17(31)33/h7-9,14H,3-6,10-12,27H2,1-2H3,(H,28,33)/t14-,18-/m1/s1. The Labute approximate surface area is 192 Å². The fourth-order valence-corrected chi connectivity index (χ4v) is 4.26. The number of imidazole rings is 1. The van der Waals surface area contributed by atoms with E-state index < -0.39 is 48.2 Å². The SMILES string of the molecule is COC[C@H](c1cnn2cc([C@](C)(N)CCC3(C(F)(F)F)CC3)nc2c1)N1CC(F)(F)CNC1=O. The van der Waals surface area contributed by atoms with E-state index >= 15 is 0 Å². The Bertz CT molecular complexity index is 1070. The Morgan fingerprint density at radius 3 is 2.65 bits per heavy atom. The normalized spacial score (nSPS) is 22.4. The van der Waals surface area contributed by atoms with Crippen molar-refractivity contribution in [2.75, 3.05) is 26.8 Å². The van der Waals surface area contributed by atoms with Crippen LogP contribution in [-0.2, 0) is 10.3 Å². The van der Waals surface area contributed by atoms with Crippen LogP contribution in [0, 0.1) is 5.41 Å². The molecule has 0 radical (unpaired) electrons. The minimum absolute atomic E-state index is 0.0525. The van der Waals surface area contributed by atoms with Gasteiger partial charge in [0.1, 0.15) is 0 Å². The number of alkyl halides is 5. The van der Waals surface area contributed by atoms with Crippen LogP contribution in [0.15, 0.2) is 18.5 Å². The summed E-state index contributed by atoms with van der Waals surface area (Å²) in [5.41, 5.74) is 4.67. The second-order valence-corrected chi connectivity index (χ2v) is 9.53. The first kappa shape index (κ1) is 24.6. The molecule has 1 aliphatic heterocycles. The highest BCUT2D eigenvalue weighted by Crippen LogP contribution is 2.61. The van der Waals surface area contributed by atoms with E-state index in [9.17, 15) is 26.7 Å². The van der Waals surface area contributed by atoms with Crippen LogP contribution in [0.4, 0.5) is 26.7 Å². The van der Waals surface area contributed by atoms with Crippen LogP contribution >= 0.6 is 0 Å². The van der Waals surface area contributed by atoms with Crippen molar-refractivity contribution in [2.24, 2.45) is 11.1 Å². The topological polar surface area (TPSA) is 97.8 Å². The molecular weight excluding hydrogens is 463 g/mol. The predicted octanol–water partition coefficient (Wildman–Crippen LogP) is 3.37. The smallest absolute Gasteiger partial charge is 0.382 e. The molecule has 1 aliphatic carbocycles. The summed E-state index contributed by atoms with van der Waals surface area (Å²) in [6, 6.07) is 0.0821. The Hall–Kier alpha value is -2.54. The number of nitrogens with two attached hydrogens (primary N) is 1. The molecule has 34 heavy (non-hydrogen) atoms. The highest BCUT2D eigenvalue weighted by atomic mass is 19.4. The number of rotatable bonds is 8. The zero-order valence-corrected chi connectivity index (χ0v) is 18.8. The van der Waals surface area contributed by atoms with E-state index in [1.807, 2.05) is 0 Å². The number of ether oxygens (including phenoxy) is 1. The number of methoxy groups -OCH3 is 1. The van der Waals surface area contributed by atoms with Crippen molar-refractivity contribution in [3.8, 4) is 0 Å². The highest BCUT2D eigenvalue weighted by Gasteiger charge is 2.62. The van der Waals surface area contributed by atoms with Crippen LogP contribution < -0.4 is 11.1 Å². The van der Waals surface area contributed by atoms with Crippen molar-refractivity contribution in [3.05, 3.63) is 29.7 Å². The molecule has 0 aromatic carbocycles. The van der Waals surface area contributed by atoms with Crippen LogP contribution in [0.1, 0.15) is 49.9 Å². The van der Waals surface area contributed by atoms with Gasteiger partial charge in [-0.2, -0.15) is 18.3 Å². The number of fused-ring (bicyclic) bond motifs is 1. The van der Waals surface area contributed by atoms with Gasteiger partial charge < -0.3 is 20.7 Å². The number of hydrogen-bond donors (Lipinski definition) is 2. The molecule has 2 fully saturated rings. The number of aromatic nitrogens is 3. The zero-order valence-electron chi connectivity index (χ0n) is 18.8. The van der Waals surface area contributed by atoms with Gasteiger partial charge >= 0.3 is 12.2 Å². The summed E-state index contributed by atoms with van der Waals surface area (Å²) in [6.45, 7) is 0.0479. The number of urea groups is 1. The van der Waals surface area contributed by atoms with Crippen molar-refractivity contribution < 1.29 is 31.5 Å². The molecule has 3 heterocycles. The highest BCUT2D eigenvalue weighted by molar-refractivity contribution is 5.76. The number of carbonyl (C=O) groups excluding carboxylic acids is 1. The molecule has 0 spiro atoms. The molecular formula is C21H27F5N6O2. The molecule has 2 atom stereocenters. The van der Waals surface area contributed by atoms with Crippen molar-refractivity contribution in [1.29, 1.82) is 0 Å². The molecule has 2 aromatic heterocycles. The van der Waals surface area contributed by atoms with Crippen molar-refractivity contribution in [1.82, 2.24) is 24.8 Å². The van der Waals surface area contributed by atoms with Crippen LogP contribution in [0.25, 0.3) is 5.65 Å². The van der Waals surface area contributed by atoms with Crippen molar-refractivity contribution in [2.45, 2.75) is 56.3 Å². The minimum atomic E-state index is -4.26. The molecule has 1 saturated carbocycles. The van der Waals surface area contributed by atoms with Gasteiger partial charge in [0.05, 0.1) is 54.8 Å². The number of amides is 2. The average molecular weight is 490 g/mol. The second kappa shape index (κ2) is 8.29. The van der Waals surface area contributed by atoms with Gasteiger partial charge in [0, 0.05) is 12.7 Å². The lowest BCUT2D eigenvalue weighted by Crippen LogP contribution is -2.58. The van der Waals surface area contributed by atoms with E-state index in [2.05, 4.69) is 15.4 Å². The third-order valence-corrected chi connectivity index (χ3v) is 6.75. The fraction of sp³-hybridized carbons (Fsp3) is 0.667. The first-order valence-corrected chi connectivity index (χ1v) is 10.9. The zero-order chi connectivity index (χ0) is 24.9. The van der Waals surface area contributed by atoms with E-state index in [0.717, 1.165) is 4.90 Å². The van der Waals surface area contributed by atoms with Crippen molar-refractivity contribution in [3.63, 3.8) is 0 Å². The molecule has 2 aromatic rings. The minimum Gasteiger partial charge on any atom is -0.382 e. The number of hydrogen-bond acceptors (Lipinski definition) is 5. The largest absolute Gasteiger partial charge is 0.394 e. The fourth-order valence-electron chi connectivity index (χ4n) is 4.26. The third kappa shape index (κ3) is 4.67. The maximum Gasteiger partial charge on any atom is 0.394 e. The molecule has 2 aliphatic rings. The summed E-state index contributed by atoms with van der Waals surface area (Å²) in [4.78, 5) is 17.7. The number of halogens is 5. The summed E-state index contributed by atoms with van der Waals surface area (Å²) >= 11 is 0. The maximum atomic E-state index is 14.0. The maximum absolute atomic E-state index is 14.0. The molecule has 2 amide bonds. The Morgan fingerprint density at radius 1 is 1.32 bits per heavy atom. The molecule has 13 heteroatoms. The molecule has 8 nitrogen and oxygen atoms in total. The van der Waals surface area contributed by atoms with E-state index in [4.69, 9.17) is 10.5 Å². The third-order valence-electron chi connectivity index (χ3n) is 6.75. The van der Waals surface area contributed by atoms with Gasteiger partial charge in [0.15, 0.2) is 5.65 Å². The first-order chi connectivity index (χ1) is 15.8. The Morgan fingerprint density at radius 2 is 2.03 bits per heavy atom. The molecule has 0 unspecified atom stereocenters. The van der Waals surface area contributed by atoms with Crippen LogP contribution in [0.3, 0.4) is 0 Å².